The number of nitro groups is 1. The second kappa shape index (κ2) is 6.66. The van der Waals surface area contributed by atoms with Crippen LogP contribution in [0.1, 0.15) is 22.8 Å². The zero-order valence-electron chi connectivity index (χ0n) is 12.5. The summed E-state index contributed by atoms with van der Waals surface area (Å²) in [6.07, 6.45) is 0. The van der Waals surface area contributed by atoms with E-state index in [2.05, 4.69) is 0 Å². The fourth-order valence-electron chi connectivity index (χ4n) is 2.24. The first-order valence-electron chi connectivity index (χ1n) is 6.81. The molecule has 0 bridgehead atoms. The largest absolute Gasteiger partial charge is 0.507 e. The molecule has 2 rings (SSSR count). The highest BCUT2D eigenvalue weighted by atomic mass is 35.5. The van der Waals surface area contributed by atoms with Crippen LogP contribution in [0.25, 0.3) is 11.1 Å². The van der Waals surface area contributed by atoms with Crippen molar-refractivity contribution in [1.82, 2.24) is 0 Å². The summed E-state index contributed by atoms with van der Waals surface area (Å²) in [6.45, 7) is 3.40. The molecule has 2 aromatic carbocycles. The van der Waals surface area contributed by atoms with Crippen LogP contribution in [0.4, 0.5) is 5.69 Å². The first-order chi connectivity index (χ1) is 10.9. The van der Waals surface area contributed by atoms with Gasteiger partial charge in [-0.25, -0.2) is 4.79 Å². The standard InChI is InChI=1S/C16H14ClNO5/c1-3-23-16(20)10-8-7-9(2)15(19)13(10)14-11(17)5-4-6-12(14)18(21)22/h4-8,19H,3H2,1-2H3. The molecule has 0 saturated heterocycles. The summed E-state index contributed by atoms with van der Waals surface area (Å²) in [7, 11) is 0. The Morgan fingerprint density at radius 3 is 2.61 bits per heavy atom. The van der Waals surface area contributed by atoms with E-state index in [9.17, 15) is 20.0 Å². The topological polar surface area (TPSA) is 89.7 Å². The molecule has 0 radical (unpaired) electrons. The van der Waals surface area contributed by atoms with Gasteiger partial charge in [0, 0.05) is 11.6 Å². The van der Waals surface area contributed by atoms with Crippen molar-refractivity contribution >= 4 is 23.3 Å². The van der Waals surface area contributed by atoms with Crippen LogP contribution in [0.15, 0.2) is 30.3 Å². The van der Waals surface area contributed by atoms with Crippen molar-refractivity contribution in [3.8, 4) is 16.9 Å². The predicted molar refractivity (Wildman–Crippen MR) is 85.9 cm³/mol. The SMILES string of the molecule is CCOC(=O)c1ccc(C)c(O)c1-c1c(Cl)cccc1[N+](=O)[O-]. The van der Waals surface area contributed by atoms with Gasteiger partial charge in [-0.1, -0.05) is 23.7 Å². The number of aryl methyl sites for hydroxylation is 1. The summed E-state index contributed by atoms with van der Waals surface area (Å²) in [5.41, 5.74) is 0.168. The number of rotatable bonds is 4. The number of hydrogen-bond donors (Lipinski definition) is 1. The highest BCUT2D eigenvalue weighted by molar-refractivity contribution is 6.34. The summed E-state index contributed by atoms with van der Waals surface area (Å²) >= 11 is 6.12. The van der Waals surface area contributed by atoms with Gasteiger partial charge in [-0.3, -0.25) is 10.1 Å². The summed E-state index contributed by atoms with van der Waals surface area (Å²) in [5.74, 6) is -0.932. The Hall–Kier alpha value is -2.60. The maximum atomic E-state index is 12.1. The molecule has 0 heterocycles. The second-order valence-corrected chi connectivity index (χ2v) is 5.17. The number of esters is 1. The van der Waals surface area contributed by atoms with E-state index in [0.29, 0.717) is 5.56 Å². The van der Waals surface area contributed by atoms with E-state index < -0.39 is 10.9 Å². The zero-order valence-corrected chi connectivity index (χ0v) is 13.3. The third-order valence-electron chi connectivity index (χ3n) is 3.31. The number of aromatic hydroxyl groups is 1. The molecule has 120 valence electrons. The van der Waals surface area contributed by atoms with Crippen molar-refractivity contribution in [2.45, 2.75) is 13.8 Å². The molecule has 0 atom stereocenters. The fourth-order valence-corrected chi connectivity index (χ4v) is 2.50. The maximum Gasteiger partial charge on any atom is 0.338 e. The van der Waals surface area contributed by atoms with Crippen LogP contribution in [0, 0.1) is 17.0 Å². The van der Waals surface area contributed by atoms with Crippen LogP contribution < -0.4 is 0 Å². The van der Waals surface area contributed by atoms with Gasteiger partial charge < -0.3 is 9.84 Å². The van der Waals surface area contributed by atoms with Crippen LogP contribution >= 0.6 is 11.6 Å². The van der Waals surface area contributed by atoms with Gasteiger partial charge in [-0.2, -0.15) is 0 Å². The van der Waals surface area contributed by atoms with Gasteiger partial charge in [0.1, 0.15) is 5.75 Å². The molecular formula is C16H14ClNO5. The Morgan fingerprint density at radius 2 is 2.00 bits per heavy atom. The molecular weight excluding hydrogens is 322 g/mol. The number of hydrogen-bond acceptors (Lipinski definition) is 5. The molecule has 6 nitrogen and oxygen atoms in total. The summed E-state index contributed by atoms with van der Waals surface area (Å²) < 4.78 is 4.96. The molecule has 23 heavy (non-hydrogen) atoms. The molecule has 0 aromatic heterocycles. The number of benzene rings is 2. The van der Waals surface area contributed by atoms with Crippen LogP contribution in [0.3, 0.4) is 0 Å². The van der Waals surface area contributed by atoms with Crippen molar-refractivity contribution in [2.24, 2.45) is 0 Å². The Labute approximate surface area is 137 Å². The van der Waals surface area contributed by atoms with E-state index in [1.165, 1.54) is 30.3 Å². The molecule has 2 aromatic rings. The van der Waals surface area contributed by atoms with Crippen LogP contribution in [-0.4, -0.2) is 22.6 Å². The zero-order chi connectivity index (χ0) is 17.1. The van der Waals surface area contributed by atoms with E-state index in [1.807, 2.05) is 0 Å². The lowest BCUT2D eigenvalue weighted by molar-refractivity contribution is -0.384. The minimum atomic E-state index is -0.688. The lowest BCUT2D eigenvalue weighted by atomic mass is 9.94. The molecule has 0 aliphatic heterocycles. The van der Waals surface area contributed by atoms with E-state index in [0.717, 1.165) is 0 Å². The van der Waals surface area contributed by atoms with Gasteiger partial charge in [0.05, 0.1) is 27.7 Å². The lowest BCUT2D eigenvalue weighted by Crippen LogP contribution is -2.08. The molecule has 0 unspecified atom stereocenters. The number of phenols is 1. The minimum Gasteiger partial charge on any atom is -0.507 e. The van der Waals surface area contributed by atoms with Gasteiger partial charge >= 0.3 is 5.97 Å². The average molecular weight is 336 g/mol. The first kappa shape index (κ1) is 16.8. The molecule has 0 amide bonds. The molecule has 7 heteroatoms. The molecule has 0 saturated carbocycles. The van der Waals surface area contributed by atoms with E-state index in [4.69, 9.17) is 16.3 Å². The quantitative estimate of drug-likeness (QED) is 0.516. The number of halogens is 1. The Balaban J connectivity index is 2.85. The minimum absolute atomic E-state index is 0.000694. The first-order valence-corrected chi connectivity index (χ1v) is 7.19. The number of ether oxygens (including phenoxy) is 1. The third-order valence-corrected chi connectivity index (χ3v) is 3.63. The van der Waals surface area contributed by atoms with Crippen molar-refractivity contribution in [3.63, 3.8) is 0 Å². The molecule has 1 N–H and O–H groups in total. The van der Waals surface area contributed by atoms with E-state index in [1.54, 1.807) is 13.8 Å². The third kappa shape index (κ3) is 3.12. The van der Waals surface area contributed by atoms with Gasteiger partial charge in [0.2, 0.25) is 0 Å². The molecule has 0 fully saturated rings. The monoisotopic (exact) mass is 335 g/mol. The molecule has 0 aliphatic rings. The van der Waals surface area contributed by atoms with Crippen LogP contribution in [0.5, 0.6) is 5.75 Å². The van der Waals surface area contributed by atoms with Crippen LogP contribution in [0.2, 0.25) is 5.02 Å². The Bertz CT molecular complexity index is 788. The van der Waals surface area contributed by atoms with E-state index in [-0.39, 0.29) is 39.8 Å². The van der Waals surface area contributed by atoms with E-state index >= 15 is 0 Å². The van der Waals surface area contributed by atoms with Gasteiger partial charge in [0.15, 0.2) is 0 Å². The Kier molecular flexibility index (Phi) is 4.86. The lowest BCUT2D eigenvalue weighted by Gasteiger charge is -2.14. The van der Waals surface area contributed by atoms with Crippen molar-refractivity contribution in [2.75, 3.05) is 6.61 Å². The number of nitrogens with zero attached hydrogens (tertiary/aromatic N) is 1. The van der Waals surface area contributed by atoms with Crippen LogP contribution in [-0.2, 0) is 4.74 Å². The molecule has 0 aliphatic carbocycles. The fraction of sp³-hybridized carbons (Fsp3) is 0.188. The second-order valence-electron chi connectivity index (χ2n) is 4.77. The summed E-state index contributed by atoms with van der Waals surface area (Å²) in [6, 6.07) is 7.14. The smallest absolute Gasteiger partial charge is 0.338 e. The van der Waals surface area contributed by atoms with Gasteiger partial charge in [-0.05, 0) is 31.5 Å². The maximum absolute atomic E-state index is 12.1. The highest BCUT2D eigenvalue weighted by Crippen LogP contribution is 2.44. The summed E-state index contributed by atoms with van der Waals surface area (Å²) in [4.78, 5) is 22.8. The Morgan fingerprint density at radius 1 is 1.30 bits per heavy atom. The normalized spacial score (nSPS) is 10.4. The molecule has 0 spiro atoms. The summed E-state index contributed by atoms with van der Waals surface area (Å²) in [5, 5.41) is 21.8. The van der Waals surface area contributed by atoms with Gasteiger partial charge in [-0.15, -0.1) is 0 Å². The number of carbonyl (C=O) groups excluding carboxylic acids is 1. The average Bonchev–Trinajstić information content (AvgIpc) is 2.50. The van der Waals surface area contributed by atoms with Crippen molar-refractivity contribution in [1.29, 1.82) is 0 Å². The van der Waals surface area contributed by atoms with Crippen molar-refractivity contribution < 1.29 is 19.6 Å². The predicted octanol–water partition coefficient (Wildman–Crippen LogP) is 4.11. The number of phenolic OH excluding ortho intramolecular Hbond substituents is 1. The highest BCUT2D eigenvalue weighted by Gasteiger charge is 2.27. The van der Waals surface area contributed by atoms with Crippen molar-refractivity contribution in [3.05, 3.63) is 56.6 Å². The number of nitro benzene ring substituents is 1. The van der Waals surface area contributed by atoms with Gasteiger partial charge in [0.25, 0.3) is 5.69 Å². The number of carbonyl (C=O) groups is 1.